The summed E-state index contributed by atoms with van der Waals surface area (Å²) in [5.41, 5.74) is 0. The molecule has 8 heavy (non-hydrogen) atoms. The maximum atomic E-state index is 5.23. The van der Waals surface area contributed by atoms with E-state index in [1.165, 1.54) is 0 Å². The van der Waals surface area contributed by atoms with Gasteiger partial charge in [0, 0.05) is 0 Å². The molecule has 0 unspecified atom stereocenters. The molecule has 2 aliphatic rings. The largest absolute Gasteiger partial charge is 0.370 e. The second-order valence-electron chi connectivity index (χ2n) is 2.10. The number of hydrogen-bond donors (Lipinski definition) is 0. The Morgan fingerprint density at radius 2 is 1.62 bits per heavy atom. The summed E-state index contributed by atoms with van der Waals surface area (Å²) in [4.78, 5) is 0. The zero-order chi connectivity index (χ0) is 5.45. The molecule has 1 spiro atoms. The topological polar surface area (TPSA) is 27.7 Å². The van der Waals surface area contributed by atoms with Gasteiger partial charge in [0.1, 0.15) is 13.2 Å². The maximum absolute atomic E-state index is 5.23. The fourth-order valence-corrected chi connectivity index (χ4v) is 0.932. The second kappa shape index (κ2) is 1.43. The van der Waals surface area contributed by atoms with E-state index in [1.54, 1.807) is 0 Å². The molecule has 0 saturated carbocycles. The van der Waals surface area contributed by atoms with Crippen LogP contribution in [0, 0.1) is 0 Å². The predicted molar refractivity (Wildman–Crippen MR) is 25.5 cm³/mol. The standard InChI is InChI=1S/C5H8O3/c1-2-8-5(7-1)3-6-4-5/h1-4H2. The van der Waals surface area contributed by atoms with Crippen molar-refractivity contribution in [1.82, 2.24) is 0 Å². The number of rotatable bonds is 0. The molecule has 2 rings (SSSR count). The van der Waals surface area contributed by atoms with Crippen LogP contribution in [-0.4, -0.2) is 32.2 Å². The predicted octanol–water partition coefficient (Wildman–Crippen LogP) is -0.240. The minimum absolute atomic E-state index is 0.306. The van der Waals surface area contributed by atoms with Gasteiger partial charge in [-0.1, -0.05) is 0 Å². The first-order valence-electron chi connectivity index (χ1n) is 2.77. The van der Waals surface area contributed by atoms with Gasteiger partial charge in [-0.05, 0) is 0 Å². The molecule has 46 valence electrons. The summed E-state index contributed by atoms with van der Waals surface area (Å²) < 4.78 is 15.4. The van der Waals surface area contributed by atoms with E-state index in [2.05, 4.69) is 0 Å². The molecule has 0 amide bonds. The summed E-state index contributed by atoms with van der Waals surface area (Å²) in [5.74, 6) is -0.306. The van der Waals surface area contributed by atoms with Crippen LogP contribution >= 0.6 is 0 Å². The molecule has 3 heteroatoms. The summed E-state index contributed by atoms with van der Waals surface area (Å²) in [7, 11) is 0. The van der Waals surface area contributed by atoms with Gasteiger partial charge in [0.05, 0.1) is 13.2 Å². The summed E-state index contributed by atoms with van der Waals surface area (Å²) >= 11 is 0. The lowest BCUT2D eigenvalue weighted by Gasteiger charge is -2.34. The van der Waals surface area contributed by atoms with Crippen molar-refractivity contribution in [1.29, 1.82) is 0 Å². The molecule has 0 aromatic rings. The van der Waals surface area contributed by atoms with E-state index in [-0.39, 0.29) is 5.79 Å². The van der Waals surface area contributed by atoms with E-state index in [9.17, 15) is 0 Å². The van der Waals surface area contributed by atoms with Crippen LogP contribution in [0.2, 0.25) is 0 Å². The third kappa shape index (κ3) is 0.491. The Bertz CT molecular complexity index is 89.8. The highest BCUT2D eigenvalue weighted by molar-refractivity contribution is 4.80. The van der Waals surface area contributed by atoms with Crippen LogP contribution in [0.25, 0.3) is 0 Å². The van der Waals surface area contributed by atoms with E-state index in [1.807, 2.05) is 0 Å². The van der Waals surface area contributed by atoms with Gasteiger partial charge >= 0.3 is 0 Å². The molecule has 0 aromatic heterocycles. The highest BCUT2D eigenvalue weighted by Gasteiger charge is 2.44. The van der Waals surface area contributed by atoms with Crippen molar-refractivity contribution in [2.75, 3.05) is 26.4 Å². The molecule has 2 aliphatic heterocycles. The second-order valence-corrected chi connectivity index (χ2v) is 2.10. The minimum Gasteiger partial charge on any atom is -0.370 e. The van der Waals surface area contributed by atoms with Crippen LogP contribution in [0.5, 0.6) is 0 Å². The Hall–Kier alpha value is -0.120. The summed E-state index contributed by atoms with van der Waals surface area (Å²) in [6.45, 7) is 2.69. The zero-order valence-corrected chi connectivity index (χ0v) is 4.55. The Morgan fingerprint density at radius 1 is 1.00 bits per heavy atom. The lowest BCUT2D eigenvalue weighted by molar-refractivity contribution is -0.292. The van der Waals surface area contributed by atoms with Gasteiger partial charge in [0.15, 0.2) is 0 Å². The molecule has 0 radical (unpaired) electrons. The van der Waals surface area contributed by atoms with Crippen molar-refractivity contribution in [2.45, 2.75) is 5.79 Å². The van der Waals surface area contributed by atoms with Gasteiger partial charge in [-0.15, -0.1) is 0 Å². The van der Waals surface area contributed by atoms with E-state index >= 15 is 0 Å². The lowest BCUT2D eigenvalue weighted by atomic mass is 10.2. The zero-order valence-electron chi connectivity index (χ0n) is 4.55. The van der Waals surface area contributed by atoms with Crippen molar-refractivity contribution >= 4 is 0 Å². The summed E-state index contributed by atoms with van der Waals surface area (Å²) in [5, 5.41) is 0. The van der Waals surface area contributed by atoms with Gasteiger partial charge in [0.25, 0.3) is 0 Å². The SMILES string of the molecule is C1COC2(COC2)O1. The van der Waals surface area contributed by atoms with E-state index < -0.39 is 0 Å². The van der Waals surface area contributed by atoms with Crippen LogP contribution in [0.1, 0.15) is 0 Å². The molecular weight excluding hydrogens is 108 g/mol. The molecule has 2 fully saturated rings. The Balaban J connectivity index is 2.01. The monoisotopic (exact) mass is 116 g/mol. The third-order valence-electron chi connectivity index (χ3n) is 1.46. The highest BCUT2D eigenvalue weighted by atomic mass is 16.8. The normalized spacial score (nSPS) is 33.0. The average molecular weight is 116 g/mol. The number of hydrogen-bond acceptors (Lipinski definition) is 3. The fraction of sp³-hybridized carbons (Fsp3) is 1.00. The molecule has 0 aliphatic carbocycles. The molecule has 2 heterocycles. The van der Waals surface area contributed by atoms with Gasteiger partial charge < -0.3 is 14.2 Å². The minimum atomic E-state index is -0.306. The van der Waals surface area contributed by atoms with Crippen molar-refractivity contribution in [3.63, 3.8) is 0 Å². The van der Waals surface area contributed by atoms with Gasteiger partial charge in [0.2, 0.25) is 5.79 Å². The Labute approximate surface area is 47.5 Å². The first-order chi connectivity index (χ1) is 3.91. The summed E-state index contributed by atoms with van der Waals surface area (Å²) in [6.07, 6.45) is 0. The van der Waals surface area contributed by atoms with Crippen LogP contribution in [0.3, 0.4) is 0 Å². The fourth-order valence-electron chi connectivity index (χ4n) is 0.932. The van der Waals surface area contributed by atoms with Crippen LogP contribution in [0.4, 0.5) is 0 Å². The molecular formula is C5H8O3. The van der Waals surface area contributed by atoms with Gasteiger partial charge in [-0.2, -0.15) is 0 Å². The first-order valence-corrected chi connectivity index (χ1v) is 2.77. The smallest absolute Gasteiger partial charge is 0.216 e. The van der Waals surface area contributed by atoms with Crippen molar-refractivity contribution < 1.29 is 14.2 Å². The van der Waals surface area contributed by atoms with Gasteiger partial charge in [-0.3, -0.25) is 0 Å². The molecule has 3 nitrogen and oxygen atoms in total. The highest BCUT2D eigenvalue weighted by Crippen LogP contribution is 2.26. The van der Waals surface area contributed by atoms with E-state index in [4.69, 9.17) is 14.2 Å². The van der Waals surface area contributed by atoms with Gasteiger partial charge in [-0.25, -0.2) is 0 Å². The maximum Gasteiger partial charge on any atom is 0.216 e. The molecule has 0 bridgehead atoms. The molecule has 0 aromatic carbocycles. The van der Waals surface area contributed by atoms with Crippen LogP contribution in [-0.2, 0) is 14.2 Å². The van der Waals surface area contributed by atoms with Crippen LogP contribution < -0.4 is 0 Å². The van der Waals surface area contributed by atoms with Crippen molar-refractivity contribution in [3.8, 4) is 0 Å². The van der Waals surface area contributed by atoms with Crippen LogP contribution in [0.15, 0.2) is 0 Å². The Morgan fingerprint density at radius 3 is 1.88 bits per heavy atom. The average Bonchev–Trinajstić information content (AvgIpc) is 2.07. The molecule has 0 N–H and O–H groups in total. The van der Waals surface area contributed by atoms with Crippen molar-refractivity contribution in [2.24, 2.45) is 0 Å². The third-order valence-corrected chi connectivity index (χ3v) is 1.46. The number of ether oxygens (including phenoxy) is 3. The van der Waals surface area contributed by atoms with E-state index in [0.717, 1.165) is 13.2 Å². The quantitative estimate of drug-likeness (QED) is 0.437. The molecule has 0 atom stereocenters. The first kappa shape index (κ1) is 4.73. The Kier molecular flexibility index (Phi) is 0.848. The van der Waals surface area contributed by atoms with Crippen molar-refractivity contribution in [3.05, 3.63) is 0 Å². The van der Waals surface area contributed by atoms with E-state index in [0.29, 0.717) is 13.2 Å². The summed E-state index contributed by atoms with van der Waals surface area (Å²) in [6, 6.07) is 0. The molecule has 2 saturated heterocycles. The lowest BCUT2D eigenvalue weighted by Crippen LogP contribution is -2.50.